The van der Waals surface area contributed by atoms with Crippen molar-refractivity contribution in [2.45, 2.75) is 76.4 Å². The highest BCUT2D eigenvalue weighted by Gasteiger charge is 2.40. The van der Waals surface area contributed by atoms with Crippen molar-refractivity contribution in [2.75, 3.05) is 57.8 Å². The number of nitrogens with zero attached hydrogens (tertiary/aromatic N) is 6. The fourth-order valence-electron chi connectivity index (χ4n) is 6.58. The predicted octanol–water partition coefficient (Wildman–Crippen LogP) is 2.63. The topological polar surface area (TPSA) is 55.8 Å². The van der Waals surface area contributed by atoms with Gasteiger partial charge in [-0.3, -0.25) is 14.6 Å². The monoisotopic (exact) mass is 454 g/mol. The number of ketones is 1. The molecule has 0 N–H and O–H groups in total. The van der Waals surface area contributed by atoms with Crippen molar-refractivity contribution in [3.8, 4) is 0 Å². The van der Waals surface area contributed by atoms with Gasteiger partial charge in [-0.25, -0.2) is 9.97 Å². The Bertz CT molecular complexity index is 784. The van der Waals surface area contributed by atoms with Gasteiger partial charge in [-0.15, -0.1) is 0 Å². The molecule has 7 heteroatoms. The maximum Gasteiger partial charge on any atom is 0.225 e. The number of Topliss-reactive ketones (excluding diaryl/α,β-unsaturated/α-hetero) is 1. The lowest BCUT2D eigenvalue weighted by molar-refractivity contribution is -0.123. The molecule has 0 radical (unpaired) electrons. The Morgan fingerprint density at radius 2 is 1.48 bits per heavy atom. The summed E-state index contributed by atoms with van der Waals surface area (Å²) in [6.45, 7) is 11.2. The van der Waals surface area contributed by atoms with Gasteiger partial charge < -0.3 is 9.80 Å². The Hall–Kier alpha value is -1.57. The minimum atomic E-state index is 0.146. The Balaban J connectivity index is 1.10. The summed E-state index contributed by atoms with van der Waals surface area (Å²) < 4.78 is 0. The number of hydrogen-bond acceptors (Lipinski definition) is 7. The number of fused-ring (bicyclic) bond motifs is 2. The lowest BCUT2D eigenvalue weighted by Gasteiger charge is -2.42. The normalized spacial score (nSPS) is 31.9. The van der Waals surface area contributed by atoms with Crippen molar-refractivity contribution in [1.29, 1.82) is 0 Å². The molecule has 2 unspecified atom stereocenters. The zero-order valence-electron chi connectivity index (χ0n) is 20.8. The van der Waals surface area contributed by atoms with Gasteiger partial charge in [0.25, 0.3) is 0 Å². The van der Waals surface area contributed by atoms with Crippen LogP contribution in [0.4, 0.5) is 5.95 Å². The van der Waals surface area contributed by atoms with Gasteiger partial charge in [-0.1, -0.05) is 13.8 Å². The first-order chi connectivity index (χ1) is 16.0. The molecule has 2 atom stereocenters. The Morgan fingerprint density at radius 1 is 0.909 bits per heavy atom. The zero-order chi connectivity index (χ0) is 22.9. The van der Waals surface area contributed by atoms with E-state index in [4.69, 9.17) is 9.97 Å². The van der Waals surface area contributed by atoms with Crippen LogP contribution in [0.15, 0.2) is 12.4 Å². The van der Waals surface area contributed by atoms with Crippen LogP contribution in [-0.4, -0.2) is 101 Å². The summed E-state index contributed by atoms with van der Waals surface area (Å²) in [7, 11) is 2.23. The largest absolute Gasteiger partial charge is 0.332 e. The number of carbonyl (C=O) groups is 1. The van der Waals surface area contributed by atoms with Crippen molar-refractivity contribution in [3.63, 3.8) is 0 Å². The van der Waals surface area contributed by atoms with E-state index >= 15 is 0 Å². The van der Waals surface area contributed by atoms with E-state index in [0.29, 0.717) is 36.4 Å². The number of carbonyl (C=O) groups excluding carboxylic acids is 1. The first-order valence-corrected chi connectivity index (χ1v) is 13.3. The van der Waals surface area contributed by atoms with E-state index in [1.54, 1.807) is 0 Å². The van der Waals surface area contributed by atoms with Crippen LogP contribution < -0.4 is 4.90 Å². The second-order valence-corrected chi connectivity index (χ2v) is 11.3. The van der Waals surface area contributed by atoms with Gasteiger partial charge in [0.2, 0.25) is 5.95 Å². The summed E-state index contributed by atoms with van der Waals surface area (Å²) in [5.41, 5.74) is 1.33. The molecule has 3 aliphatic heterocycles. The molecule has 1 aromatic heterocycles. The van der Waals surface area contributed by atoms with Gasteiger partial charge in [0.15, 0.2) is 0 Å². The molecule has 1 aromatic rings. The molecule has 4 heterocycles. The highest BCUT2D eigenvalue weighted by Crippen LogP contribution is 2.36. The third-order valence-corrected chi connectivity index (χ3v) is 8.67. The molecule has 4 fully saturated rings. The van der Waals surface area contributed by atoms with E-state index < -0.39 is 0 Å². The molecule has 7 nitrogen and oxygen atoms in total. The molecule has 1 saturated carbocycles. The molecule has 1 aliphatic carbocycles. The molecule has 5 rings (SSSR count). The van der Waals surface area contributed by atoms with Crippen LogP contribution in [0.1, 0.15) is 63.9 Å². The van der Waals surface area contributed by atoms with Crippen molar-refractivity contribution >= 4 is 11.7 Å². The molecule has 0 aromatic carbocycles. The quantitative estimate of drug-likeness (QED) is 0.655. The lowest BCUT2D eigenvalue weighted by atomic mass is 9.82. The van der Waals surface area contributed by atoms with E-state index in [0.717, 1.165) is 45.2 Å². The number of hydrogen-bond donors (Lipinski definition) is 0. The van der Waals surface area contributed by atoms with Gasteiger partial charge in [-0.2, -0.15) is 0 Å². The average molecular weight is 455 g/mol. The van der Waals surface area contributed by atoms with Crippen LogP contribution >= 0.6 is 0 Å². The number of aromatic nitrogens is 2. The van der Waals surface area contributed by atoms with Crippen LogP contribution in [-0.2, 0) is 4.79 Å². The Labute approximate surface area is 199 Å². The molecule has 0 spiro atoms. The maximum absolute atomic E-state index is 12.1. The second kappa shape index (κ2) is 9.96. The summed E-state index contributed by atoms with van der Waals surface area (Å²) in [6, 6.07) is 1.86. The summed E-state index contributed by atoms with van der Waals surface area (Å²) in [5.74, 6) is 2.07. The van der Waals surface area contributed by atoms with Crippen LogP contribution in [0, 0.1) is 5.92 Å². The van der Waals surface area contributed by atoms with Gasteiger partial charge >= 0.3 is 0 Å². The number of rotatable bonds is 6. The van der Waals surface area contributed by atoms with E-state index in [9.17, 15) is 4.79 Å². The van der Waals surface area contributed by atoms with Crippen LogP contribution in [0.5, 0.6) is 0 Å². The van der Waals surface area contributed by atoms with Crippen molar-refractivity contribution < 1.29 is 4.79 Å². The van der Waals surface area contributed by atoms with Crippen molar-refractivity contribution in [1.82, 2.24) is 24.7 Å². The highest BCUT2D eigenvalue weighted by molar-refractivity contribution is 5.82. The van der Waals surface area contributed by atoms with Gasteiger partial charge in [0, 0.05) is 75.7 Å². The fraction of sp³-hybridized carbons (Fsp3) is 0.808. The molecule has 182 valence electrons. The number of anilines is 1. The Kier molecular flexibility index (Phi) is 7.00. The lowest BCUT2D eigenvalue weighted by Crippen LogP contribution is -2.53. The minimum absolute atomic E-state index is 0.146. The molecule has 0 amide bonds. The van der Waals surface area contributed by atoms with Crippen LogP contribution in [0.25, 0.3) is 0 Å². The molecule has 2 bridgehead atoms. The molecule has 4 aliphatic rings. The van der Waals surface area contributed by atoms with E-state index in [2.05, 4.69) is 39.0 Å². The third-order valence-electron chi connectivity index (χ3n) is 8.67. The van der Waals surface area contributed by atoms with E-state index in [1.807, 2.05) is 13.8 Å². The van der Waals surface area contributed by atoms with Crippen LogP contribution in [0.3, 0.4) is 0 Å². The summed E-state index contributed by atoms with van der Waals surface area (Å²) in [6.07, 6.45) is 11.8. The first-order valence-electron chi connectivity index (χ1n) is 13.3. The fourth-order valence-corrected chi connectivity index (χ4v) is 6.58. The molecular formula is C26H42N6O. The smallest absolute Gasteiger partial charge is 0.225 e. The third kappa shape index (κ3) is 5.10. The number of likely N-dealkylation sites (tertiary alicyclic amines) is 1. The molecule has 3 saturated heterocycles. The van der Waals surface area contributed by atoms with Crippen molar-refractivity contribution in [3.05, 3.63) is 18.0 Å². The van der Waals surface area contributed by atoms with Gasteiger partial charge in [0.05, 0.1) is 6.54 Å². The number of likely N-dealkylation sites (N-methyl/N-ethyl adjacent to an activating group) is 1. The zero-order valence-corrected chi connectivity index (χ0v) is 20.8. The van der Waals surface area contributed by atoms with Crippen molar-refractivity contribution in [2.24, 2.45) is 5.92 Å². The minimum Gasteiger partial charge on any atom is -0.332 e. The average Bonchev–Trinajstić information content (AvgIpc) is 3.10. The molecular weight excluding hydrogens is 412 g/mol. The van der Waals surface area contributed by atoms with Crippen LogP contribution in [0.2, 0.25) is 0 Å². The standard InChI is InChI=1S/C26H42N6O/c1-19(2)25(33)18-30-10-12-31(13-11-30)22-6-4-20(5-7-22)21-14-27-26(28-15-21)32-23-8-9-24(32)17-29(3)16-23/h14-15,19-20,22-24H,4-13,16-18H2,1-3H3/t20-,22-,23?,24?. The highest BCUT2D eigenvalue weighted by atomic mass is 16.1. The number of piperazine rings is 2. The summed E-state index contributed by atoms with van der Waals surface area (Å²) in [5, 5.41) is 0. The SMILES string of the molecule is CC(C)C(=O)CN1CCN([C@H]2CC[C@H](c3cnc(N4C5CCC4CN(C)C5)nc3)CC2)CC1. The van der Waals surface area contributed by atoms with E-state index in [1.165, 1.54) is 44.1 Å². The Morgan fingerprint density at radius 3 is 2.06 bits per heavy atom. The van der Waals surface area contributed by atoms with E-state index in [-0.39, 0.29) is 5.92 Å². The first kappa shape index (κ1) is 23.2. The summed E-state index contributed by atoms with van der Waals surface area (Å²) >= 11 is 0. The van der Waals surface area contributed by atoms with Gasteiger partial charge in [-0.05, 0) is 57.1 Å². The predicted molar refractivity (Wildman–Crippen MR) is 132 cm³/mol. The maximum atomic E-state index is 12.1. The van der Waals surface area contributed by atoms with Gasteiger partial charge in [0.1, 0.15) is 5.78 Å². The summed E-state index contributed by atoms with van der Waals surface area (Å²) in [4.78, 5) is 31.7. The second-order valence-electron chi connectivity index (χ2n) is 11.3. The molecule has 33 heavy (non-hydrogen) atoms.